The molecule has 2 aromatic rings. The van der Waals surface area contributed by atoms with E-state index in [1.807, 2.05) is 23.8 Å². The molecule has 15 heavy (non-hydrogen) atoms. The quantitative estimate of drug-likeness (QED) is 0.706. The van der Waals surface area contributed by atoms with Gasteiger partial charge in [0.05, 0.1) is 5.52 Å². The second-order valence-electron chi connectivity index (χ2n) is 3.45. The summed E-state index contributed by atoms with van der Waals surface area (Å²) in [5.74, 6) is -0.253. The summed E-state index contributed by atoms with van der Waals surface area (Å²) in [6.45, 7) is 2.77. The second kappa shape index (κ2) is 3.85. The van der Waals surface area contributed by atoms with E-state index in [0.29, 0.717) is 5.39 Å². The fourth-order valence-corrected chi connectivity index (χ4v) is 1.90. The standard InChI is InChI=1S/C12H12FNO/c1-2-14-8-9(6-7-15)12-10(13)4-3-5-11(12)14/h3-5,7-8H,2,6H2,1H3. The van der Waals surface area contributed by atoms with E-state index in [2.05, 4.69) is 0 Å². The molecule has 1 heterocycles. The number of aldehydes is 1. The molecule has 0 fully saturated rings. The van der Waals surface area contributed by atoms with Crippen LogP contribution >= 0.6 is 0 Å². The van der Waals surface area contributed by atoms with E-state index in [4.69, 9.17) is 0 Å². The normalized spacial score (nSPS) is 10.8. The molecule has 0 aliphatic rings. The molecular weight excluding hydrogens is 193 g/mol. The lowest BCUT2D eigenvalue weighted by Gasteiger charge is -1.99. The predicted molar refractivity (Wildman–Crippen MR) is 57.3 cm³/mol. The molecule has 0 N–H and O–H groups in total. The van der Waals surface area contributed by atoms with Crippen molar-refractivity contribution in [3.63, 3.8) is 0 Å². The first-order valence-corrected chi connectivity index (χ1v) is 4.97. The molecule has 3 heteroatoms. The summed E-state index contributed by atoms with van der Waals surface area (Å²) in [4.78, 5) is 10.5. The molecule has 0 unspecified atom stereocenters. The molecule has 0 radical (unpaired) electrons. The number of hydrogen-bond acceptors (Lipinski definition) is 1. The number of carbonyl (C=O) groups is 1. The Morgan fingerprint density at radius 3 is 2.93 bits per heavy atom. The third-order valence-electron chi connectivity index (χ3n) is 2.58. The fourth-order valence-electron chi connectivity index (χ4n) is 1.90. The van der Waals surface area contributed by atoms with Crippen LogP contribution in [-0.4, -0.2) is 10.9 Å². The number of nitrogens with zero attached hydrogens (tertiary/aromatic N) is 1. The first kappa shape index (κ1) is 9.90. The van der Waals surface area contributed by atoms with E-state index in [-0.39, 0.29) is 12.2 Å². The van der Waals surface area contributed by atoms with Gasteiger partial charge in [0.2, 0.25) is 0 Å². The molecule has 0 aliphatic carbocycles. The Hall–Kier alpha value is -1.64. The van der Waals surface area contributed by atoms with Gasteiger partial charge in [-0.2, -0.15) is 0 Å². The largest absolute Gasteiger partial charge is 0.347 e. The van der Waals surface area contributed by atoms with E-state index in [0.717, 1.165) is 23.9 Å². The van der Waals surface area contributed by atoms with Gasteiger partial charge in [-0.05, 0) is 24.6 Å². The summed E-state index contributed by atoms with van der Waals surface area (Å²) in [5, 5.41) is 0.575. The van der Waals surface area contributed by atoms with Crippen LogP contribution in [0, 0.1) is 5.82 Å². The van der Waals surface area contributed by atoms with Crippen LogP contribution in [0.5, 0.6) is 0 Å². The highest BCUT2D eigenvalue weighted by molar-refractivity contribution is 5.86. The Kier molecular flexibility index (Phi) is 2.54. The highest BCUT2D eigenvalue weighted by Crippen LogP contribution is 2.24. The zero-order valence-corrected chi connectivity index (χ0v) is 8.53. The number of halogens is 1. The average molecular weight is 205 g/mol. The van der Waals surface area contributed by atoms with Crippen LogP contribution < -0.4 is 0 Å². The first-order chi connectivity index (χ1) is 7.27. The minimum atomic E-state index is -0.253. The van der Waals surface area contributed by atoms with Crippen molar-refractivity contribution in [3.8, 4) is 0 Å². The van der Waals surface area contributed by atoms with Crippen LogP contribution in [0.25, 0.3) is 10.9 Å². The topological polar surface area (TPSA) is 22.0 Å². The third-order valence-corrected chi connectivity index (χ3v) is 2.58. The van der Waals surface area contributed by atoms with E-state index in [1.54, 1.807) is 6.07 Å². The molecule has 0 amide bonds. The van der Waals surface area contributed by atoms with Crippen LogP contribution in [0.3, 0.4) is 0 Å². The Morgan fingerprint density at radius 2 is 2.27 bits per heavy atom. The molecule has 0 bridgehead atoms. The third kappa shape index (κ3) is 1.54. The lowest BCUT2D eigenvalue weighted by molar-refractivity contribution is -0.107. The maximum absolute atomic E-state index is 13.6. The lowest BCUT2D eigenvalue weighted by atomic mass is 10.1. The molecule has 0 atom stereocenters. The molecule has 1 aromatic heterocycles. The number of carbonyl (C=O) groups excluding carboxylic acids is 1. The Morgan fingerprint density at radius 1 is 1.47 bits per heavy atom. The number of rotatable bonds is 3. The minimum absolute atomic E-state index is 0.253. The van der Waals surface area contributed by atoms with Crippen molar-refractivity contribution in [2.45, 2.75) is 19.9 Å². The molecule has 2 rings (SSSR count). The van der Waals surface area contributed by atoms with E-state index >= 15 is 0 Å². The van der Waals surface area contributed by atoms with Gasteiger partial charge in [-0.25, -0.2) is 4.39 Å². The maximum atomic E-state index is 13.6. The molecule has 0 aliphatic heterocycles. The van der Waals surface area contributed by atoms with E-state index in [9.17, 15) is 9.18 Å². The number of aromatic nitrogens is 1. The number of benzene rings is 1. The van der Waals surface area contributed by atoms with Crippen molar-refractivity contribution >= 4 is 17.2 Å². The van der Waals surface area contributed by atoms with E-state index < -0.39 is 0 Å². The minimum Gasteiger partial charge on any atom is -0.347 e. The SMILES string of the molecule is CCn1cc(CC=O)c2c(F)cccc21. The average Bonchev–Trinajstić information content (AvgIpc) is 2.59. The van der Waals surface area contributed by atoms with Crippen LogP contribution in [0.1, 0.15) is 12.5 Å². The van der Waals surface area contributed by atoms with Gasteiger partial charge in [0.15, 0.2) is 0 Å². The molecule has 1 aromatic carbocycles. The monoisotopic (exact) mass is 205 g/mol. The number of hydrogen-bond donors (Lipinski definition) is 0. The van der Waals surface area contributed by atoms with Crippen molar-refractivity contribution in [1.29, 1.82) is 0 Å². The van der Waals surface area contributed by atoms with Crippen molar-refractivity contribution in [2.24, 2.45) is 0 Å². The smallest absolute Gasteiger partial charge is 0.132 e. The van der Waals surface area contributed by atoms with Gasteiger partial charge in [-0.15, -0.1) is 0 Å². The Balaban J connectivity index is 2.75. The van der Waals surface area contributed by atoms with Gasteiger partial charge in [0.25, 0.3) is 0 Å². The van der Waals surface area contributed by atoms with Crippen LogP contribution in [0.15, 0.2) is 24.4 Å². The van der Waals surface area contributed by atoms with E-state index in [1.165, 1.54) is 6.07 Å². The molecule has 0 spiro atoms. The molecule has 0 saturated heterocycles. The van der Waals surface area contributed by atoms with Gasteiger partial charge in [-0.3, -0.25) is 0 Å². The maximum Gasteiger partial charge on any atom is 0.132 e. The predicted octanol–water partition coefficient (Wildman–Crippen LogP) is 2.54. The fraction of sp³-hybridized carbons (Fsp3) is 0.250. The van der Waals surface area contributed by atoms with Gasteiger partial charge in [0.1, 0.15) is 12.1 Å². The molecule has 78 valence electrons. The van der Waals surface area contributed by atoms with Gasteiger partial charge in [0, 0.05) is 24.5 Å². The molecular formula is C12H12FNO. The van der Waals surface area contributed by atoms with Crippen LogP contribution in [-0.2, 0) is 17.8 Å². The van der Waals surface area contributed by atoms with Gasteiger partial charge >= 0.3 is 0 Å². The number of aryl methyl sites for hydroxylation is 1. The van der Waals surface area contributed by atoms with Gasteiger partial charge in [-0.1, -0.05) is 6.07 Å². The summed E-state index contributed by atoms with van der Waals surface area (Å²) in [7, 11) is 0. The first-order valence-electron chi connectivity index (χ1n) is 4.97. The Labute approximate surface area is 87.3 Å². The summed E-state index contributed by atoms with van der Waals surface area (Å²) in [6.07, 6.45) is 2.92. The zero-order chi connectivity index (χ0) is 10.8. The van der Waals surface area contributed by atoms with Gasteiger partial charge < -0.3 is 9.36 Å². The number of fused-ring (bicyclic) bond motifs is 1. The summed E-state index contributed by atoms with van der Waals surface area (Å²) in [5.41, 5.74) is 1.62. The van der Waals surface area contributed by atoms with Crippen LogP contribution in [0.2, 0.25) is 0 Å². The highest BCUT2D eigenvalue weighted by Gasteiger charge is 2.10. The van der Waals surface area contributed by atoms with Crippen LogP contribution in [0.4, 0.5) is 4.39 Å². The highest BCUT2D eigenvalue weighted by atomic mass is 19.1. The van der Waals surface area contributed by atoms with Crippen molar-refractivity contribution in [1.82, 2.24) is 4.57 Å². The van der Waals surface area contributed by atoms with Crippen molar-refractivity contribution < 1.29 is 9.18 Å². The second-order valence-corrected chi connectivity index (χ2v) is 3.45. The Bertz CT molecular complexity index is 502. The molecule has 2 nitrogen and oxygen atoms in total. The summed E-state index contributed by atoms with van der Waals surface area (Å²) >= 11 is 0. The van der Waals surface area contributed by atoms with Crippen molar-refractivity contribution in [2.75, 3.05) is 0 Å². The summed E-state index contributed by atoms with van der Waals surface area (Å²) in [6, 6.07) is 4.99. The molecule has 0 saturated carbocycles. The summed E-state index contributed by atoms with van der Waals surface area (Å²) < 4.78 is 15.5. The van der Waals surface area contributed by atoms with Crippen molar-refractivity contribution in [3.05, 3.63) is 35.8 Å². The zero-order valence-electron chi connectivity index (χ0n) is 8.53. The lowest BCUT2D eigenvalue weighted by Crippen LogP contribution is -1.90.